The van der Waals surface area contributed by atoms with E-state index in [1.54, 1.807) is 0 Å². The van der Waals surface area contributed by atoms with E-state index in [1.165, 1.54) is 0 Å². The average molecular weight is 396 g/mol. The lowest BCUT2D eigenvalue weighted by Crippen LogP contribution is -2.48. The Bertz CT molecular complexity index is 506. The summed E-state index contributed by atoms with van der Waals surface area (Å²) in [4.78, 5) is 21.5. The van der Waals surface area contributed by atoms with Gasteiger partial charge in [0, 0.05) is 6.42 Å². The first-order chi connectivity index (χ1) is 10.8. The van der Waals surface area contributed by atoms with Crippen LogP contribution in [0, 0.1) is 0 Å². The number of hydrogen-bond donors (Lipinski definition) is 0. The number of rotatable bonds is 6. The van der Waals surface area contributed by atoms with Crippen molar-refractivity contribution in [2.75, 3.05) is 6.61 Å². The maximum Gasteiger partial charge on any atom is 0.465 e. The first-order valence-corrected chi connectivity index (χ1v) is 6.05. The van der Waals surface area contributed by atoms with Crippen LogP contribution in [-0.2, 0) is 19.1 Å². The third-order valence-electron chi connectivity index (χ3n) is 2.53. The quantitative estimate of drug-likeness (QED) is 0.508. The molecule has 4 nitrogen and oxygen atoms in total. The van der Waals surface area contributed by atoms with Gasteiger partial charge in [-0.3, -0.25) is 0 Å². The summed E-state index contributed by atoms with van der Waals surface area (Å²) < 4.78 is 129. The number of carbonyl (C=O) groups excluding carboxylic acids is 2. The van der Waals surface area contributed by atoms with E-state index >= 15 is 0 Å². The minimum atomic E-state index is -6.26. The van der Waals surface area contributed by atoms with E-state index in [4.69, 9.17) is 0 Å². The van der Waals surface area contributed by atoms with E-state index in [-0.39, 0.29) is 0 Å². The normalized spacial score (nSPS) is 14.2. The zero-order valence-electron chi connectivity index (χ0n) is 12.3. The Morgan fingerprint density at radius 1 is 0.720 bits per heavy atom. The summed E-state index contributed by atoms with van der Waals surface area (Å²) in [6, 6.07) is 0. The lowest BCUT2D eigenvalue weighted by Gasteiger charge is -2.28. The van der Waals surface area contributed by atoms with Crippen molar-refractivity contribution in [3.63, 3.8) is 0 Å². The monoisotopic (exact) mass is 396 g/mol. The minimum Gasteiger partial charge on any atom is -0.461 e. The van der Waals surface area contributed by atoms with Gasteiger partial charge in [0.2, 0.25) is 0 Å². The smallest absolute Gasteiger partial charge is 0.461 e. The molecule has 0 aliphatic carbocycles. The highest BCUT2D eigenvalue weighted by Gasteiger charge is 2.66. The number of halogens is 10. The van der Waals surface area contributed by atoms with E-state index in [0.29, 0.717) is 0 Å². The molecule has 0 fully saturated rings. The highest BCUT2D eigenvalue weighted by atomic mass is 19.4. The largest absolute Gasteiger partial charge is 0.465 e. The van der Waals surface area contributed by atoms with Crippen molar-refractivity contribution in [2.24, 2.45) is 0 Å². The van der Waals surface area contributed by atoms with Crippen LogP contribution in [0.15, 0.2) is 0 Å². The molecule has 0 aromatic heterocycles. The SMILES string of the molecule is CC(C)(CCOC(=O)C(F)(F)C(F)(F)F)OC(=O)C(F)(F)C(F)(F)F. The Hall–Kier alpha value is -1.76. The first-order valence-electron chi connectivity index (χ1n) is 6.05. The van der Waals surface area contributed by atoms with Gasteiger partial charge in [-0.05, 0) is 13.8 Å². The molecule has 0 N–H and O–H groups in total. The van der Waals surface area contributed by atoms with Crippen molar-refractivity contribution in [2.45, 2.75) is 50.1 Å². The Balaban J connectivity index is 4.77. The minimum absolute atomic E-state index is 0.743. The predicted molar refractivity (Wildman–Crippen MR) is 57.8 cm³/mol. The fraction of sp³-hybridized carbons (Fsp3) is 0.818. The molecule has 0 aliphatic rings. The molecule has 0 unspecified atom stereocenters. The summed E-state index contributed by atoms with van der Waals surface area (Å²) in [6.07, 6.45) is -13.4. The molecule has 0 heterocycles. The second-order valence-electron chi connectivity index (χ2n) is 5.18. The van der Waals surface area contributed by atoms with Gasteiger partial charge >= 0.3 is 36.1 Å². The van der Waals surface area contributed by atoms with Gasteiger partial charge in [0.15, 0.2) is 0 Å². The molecule has 0 aromatic rings. The van der Waals surface area contributed by atoms with Crippen LogP contribution in [0.3, 0.4) is 0 Å². The highest BCUT2D eigenvalue weighted by Crippen LogP contribution is 2.38. The number of esters is 2. The van der Waals surface area contributed by atoms with Gasteiger partial charge < -0.3 is 9.47 Å². The summed E-state index contributed by atoms with van der Waals surface area (Å²) in [6.45, 7) is 0.211. The molecule has 0 rings (SSSR count). The Morgan fingerprint density at radius 2 is 1.08 bits per heavy atom. The summed E-state index contributed by atoms with van der Waals surface area (Å²) >= 11 is 0. The molecule has 148 valence electrons. The van der Waals surface area contributed by atoms with Gasteiger partial charge in [0.25, 0.3) is 0 Å². The first kappa shape index (κ1) is 23.2. The fourth-order valence-corrected chi connectivity index (χ4v) is 1.08. The summed E-state index contributed by atoms with van der Waals surface area (Å²) in [5.74, 6) is -17.7. The highest BCUT2D eigenvalue weighted by molar-refractivity contribution is 5.79. The topological polar surface area (TPSA) is 52.6 Å². The molecule has 0 aromatic carbocycles. The van der Waals surface area contributed by atoms with Gasteiger partial charge in [-0.25, -0.2) is 9.59 Å². The van der Waals surface area contributed by atoms with Gasteiger partial charge in [-0.2, -0.15) is 43.9 Å². The molecule has 0 radical (unpaired) electrons. The molecule has 0 spiro atoms. The molecule has 0 amide bonds. The van der Waals surface area contributed by atoms with Crippen LogP contribution in [-0.4, -0.2) is 48.3 Å². The van der Waals surface area contributed by atoms with Crippen LogP contribution >= 0.6 is 0 Å². The molecule has 25 heavy (non-hydrogen) atoms. The average Bonchev–Trinajstić information content (AvgIpc) is 2.34. The van der Waals surface area contributed by atoms with Crippen molar-refractivity contribution >= 4 is 11.9 Å². The van der Waals surface area contributed by atoms with E-state index in [9.17, 15) is 53.5 Å². The van der Waals surface area contributed by atoms with Gasteiger partial charge in [0.05, 0.1) is 6.61 Å². The predicted octanol–water partition coefficient (Wildman–Crippen LogP) is 3.64. The van der Waals surface area contributed by atoms with Crippen molar-refractivity contribution in [3.8, 4) is 0 Å². The van der Waals surface area contributed by atoms with Crippen molar-refractivity contribution in [1.82, 2.24) is 0 Å². The van der Waals surface area contributed by atoms with E-state index in [1.807, 2.05) is 0 Å². The number of hydrogen-bond acceptors (Lipinski definition) is 4. The summed E-state index contributed by atoms with van der Waals surface area (Å²) in [7, 11) is 0. The van der Waals surface area contributed by atoms with Crippen LogP contribution in [0.25, 0.3) is 0 Å². The molecule has 0 saturated carbocycles. The van der Waals surface area contributed by atoms with Crippen LogP contribution in [0.2, 0.25) is 0 Å². The molecular weight excluding hydrogens is 386 g/mol. The van der Waals surface area contributed by atoms with E-state index in [2.05, 4.69) is 9.47 Å². The van der Waals surface area contributed by atoms with Gasteiger partial charge in [-0.1, -0.05) is 0 Å². The zero-order chi connectivity index (χ0) is 20.5. The molecule has 14 heteroatoms. The second kappa shape index (κ2) is 6.86. The van der Waals surface area contributed by atoms with Crippen LogP contribution in [0.4, 0.5) is 43.9 Å². The zero-order valence-corrected chi connectivity index (χ0v) is 12.3. The van der Waals surface area contributed by atoms with Crippen molar-refractivity contribution in [1.29, 1.82) is 0 Å². The summed E-state index contributed by atoms with van der Waals surface area (Å²) in [5.41, 5.74) is -2.19. The van der Waals surface area contributed by atoms with E-state index in [0.717, 1.165) is 13.8 Å². The van der Waals surface area contributed by atoms with Crippen molar-refractivity contribution in [3.05, 3.63) is 0 Å². The van der Waals surface area contributed by atoms with Crippen LogP contribution in [0.5, 0.6) is 0 Å². The lowest BCUT2D eigenvalue weighted by molar-refractivity contribution is -0.285. The number of alkyl halides is 10. The summed E-state index contributed by atoms with van der Waals surface area (Å²) in [5, 5.41) is 0. The standard InChI is InChI=1S/C11H10F10O4/c1-7(2,25-6(23)9(14,15)11(19,20)21)3-4-24-5(22)8(12,13)10(16,17)18/h3-4H2,1-2H3. The maximum atomic E-state index is 12.7. The van der Waals surface area contributed by atoms with Gasteiger partial charge in [0.1, 0.15) is 5.60 Å². The Kier molecular flexibility index (Phi) is 6.38. The Morgan fingerprint density at radius 3 is 1.44 bits per heavy atom. The number of carbonyl (C=O) groups is 2. The fourth-order valence-electron chi connectivity index (χ4n) is 1.08. The van der Waals surface area contributed by atoms with E-state index < -0.39 is 54.8 Å². The van der Waals surface area contributed by atoms with Crippen molar-refractivity contribution < 1.29 is 63.0 Å². The van der Waals surface area contributed by atoms with Crippen LogP contribution < -0.4 is 0 Å². The molecule has 0 bridgehead atoms. The van der Waals surface area contributed by atoms with Crippen LogP contribution in [0.1, 0.15) is 20.3 Å². The number of ether oxygens (including phenoxy) is 2. The maximum absolute atomic E-state index is 12.7. The second-order valence-corrected chi connectivity index (χ2v) is 5.18. The third kappa shape index (κ3) is 5.63. The lowest BCUT2D eigenvalue weighted by atomic mass is 10.1. The molecule has 0 atom stereocenters. The molecule has 0 saturated heterocycles. The molecular formula is C11H10F10O4. The van der Waals surface area contributed by atoms with Gasteiger partial charge in [-0.15, -0.1) is 0 Å². The Labute approximate surface area is 133 Å². The molecule has 0 aliphatic heterocycles. The third-order valence-corrected chi connectivity index (χ3v) is 2.53.